The van der Waals surface area contributed by atoms with Gasteiger partial charge in [0, 0.05) is 0 Å². The van der Waals surface area contributed by atoms with E-state index in [0.717, 1.165) is 0 Å². The summed E-state index contributed by atoms with van der Waals surface area (Å²) in [6.45, 7) is 2.22. The third-order valence-corrected chi connectivity index (χ3v) is 3.59. The van der Waals surface area contributed by atoms with E-state index in [0.29, 0.717) is 5.92 Å². The van der Waals surface area contributed by atoms with E-state index in [2.05, 4.69) is 68.0 Å². The van der Waals surface area contributed by atoms with Crippen molar-refractivity contribution in [3.63, 3.8) is 0 Å². The molecule has 1 aliphatic carbocycles. The molecular formula is C24H24Fe2. The van der Waals surface area contributed by atoms with Gasteiger partial charge in [0.1, 0.15) is 0 Å². The van der Waals surface area contributed by atoms with Gasteiger partial charge in [-0.1, -0.05) is 25.0 Å². The smallest absolute Gasteiger partial charge is 0.225 e. The molecule has 3 aromatic carbocycles. The van der Waals surface area contributed by atoms with Crippen molar-refractivity contribution in [1.29, 1.82) is 0 Å². The molecule has 4 rings (SSSR count). The number of hydrogen-bond donors (Lipinski definition) is 0. The first-order valence-corrected chi connectivity index (χ1v) is 8.31. The van der Waals surface area contributed by atoms with E-state index < -0.39 is 0 Å². The van der Waals surface area contributed by atoms with Gasteiger partial charge in [0.15, 0.2) is 0 Å². The van der Waals surface area contributed by atoms with Crippen LogP contribution >= 0.6 is 0 Å². The zero-order valence-electron chi connectivity index (χ0n) is 14.8. The summed E-state index contributed by atoms with van der Waals surface area (Å²) in [7, 11) is 0. The molecule has 0 aliphatic heterocycles. The first kappa shape index (κ1) is 24.2. The average Bonchev–Trinajstić information content (AvgIpc) is 3.42. The number of rotatable bonds is 3. The van der Waals surface area contributed by atoms with Gasteiger partial charge in [0.25, 0.3) is 0 Å². The topological polar surface area (TPSA) is 0 Å². The Hall–Kier alpha value is -1.82. The molecule has 0 heterocycles. The van der Waals surface area contributed by atoms with Crippen molar-refractivity contribution in [3.8, 4) is 0 Å². The summed E-state index contributed by atoms with van der Waals surface area (Å²) in [5.41, 5.74) is 2.66. The van der Waals surface area contributed by atoms with Crippen molar-refractivity contribution >= 4 is 0 Å². The van der Waals surface area contributed by atoms with Crippen LogP contribution in [-0.4, -0.2) is 0 Å². The van der Waals surface area contributed by atoms with Crippen molar-refractivity contribution < 1.29 is 34.1 Å². The molecule has 0 saturated heterocycles. The van der Waals surface area contributed by atoms with Crippen molar-refractivity contribution in [2.24, 2.45) is 0 Å². The van der Waals surface area contributed by atoms with E-state index in [1.807, 2.05) is 60.7 Å². The van der Waals surface area contributed by atoms with Crippen LogP contribution in [0.3, 0.4) is 0 Å². The summed E-state index contributed by atoms with van der Waals surface area (Å²) in [6.07, 6.45) is 12.8. The maximum atomic E-state index is 2.24. The molecule has 0 amide bonds. The molecule has 0 saturated carbocycles. The van der Waals surface area contributed by atoms with E-state index in [-0.39, 0.29) is 34.1 Å². The summed E-state index contributed by atoms with van der Waals surface area (Å²) in [4.78, 5) is 0. The predicted octanol–water partition coefficient (Wildman–Crippen LogP) is 6.57. The molecular weight excluding hydrogens is 400 g/mol. The van der Waals surface area contributed by atoms with Gasteiger partial charge in [-0.2, -0.15) is 59.7 Å². The van der Waals surface area contributed by atoms with Crippen molar-refractivity contribution in [2.45, 2.75) is 12.8 Å². The molecule has 136 valence electrons. The van der Waals surface area contributed by atoms with Crippen LogP contribution in [0.15, 0.2) is 121 Å². The Balaban J connectivity index is 0.000000432. The Morgan fingerprint density at radius 2 is 1.35 bits per heavy atom. The molecule has 1 unspecified atom stereocenters. The van der Waals surface area contributed by atoms with E-state index >= 15 is 0 Å². The van der Waals surface area contributed by atoms with E-state index in [1.165, 1.54) is 11.1 Å². The fourth-order valence-electron chi connectivity index (χ4n) is 2.20. The van der Waals surface area contributed by atoms with E-state index in [9.17, 15) is 0 Å². The summed E-state index contributed by atoms with van der Waals surface area (Å²) in [5, 5.41) is 0. The monoisotopic (exact) mass is 424 g/mol. The van der Waals surface area contributed by atoms with Crippen LogP contribution in [0.4, 0.5) is 0 Å². The molecule has 1 aliphatic rings. The molecule has 0 nitrogen and oxygen atoms in total. The zero-order chi connectivity index (χ0) is 16.9. The Kier molecular flexibility index (Phi) is 14.4. The first-order chi connectivity index (χ1) is 11.9. The normalized spacial score (nSPS) is 11.7. The van der Waals surface area contributed by atoms with Gasteiger partial charge < -0.3 is 0 Å². The van der Waals surface area contributed by atoms with Gasteiger partial charge >= 0.3 is 34.1 Å². The summed E-state index contributed by atoms with van der Waals surface area (Å²) in [5.74, 6) is 0.500. The van der Waals surface area contributed by atoms with Crippen LogP contribution in [0.5, 0.6) is 0 Å². The minimum Gasteiger partial charge on any atom is -0.225 e. The molecule has 0 aromatic heterocycles. The van der Waals surface area contributed by atoms with Crippen molar-refractivity contribution in [2.75, 3.05) is 0 Å². The maximum Gasteiger partial charge on any atom is 2.00 e. The molecule has 0 fully saturated rings. The Morgan fingerprint density at radius 1 is 0.808 bits per heavy atom. The number of allylic oxidation sites excluding steroid dienone is 6. The summed E-state index contributed by atoms with van der Waals surface area (Å²) < 4.78 is 0. The van der Waals surface area contributed by atoms with Crippen LogP contribution in [-0.2, 0) is 34.1 Å². The molecule has 26 heavy (non-hydrogen) atoms. The average molecular weight is 424 g/mol. The fourth-order valence-corrected chi connectivity index (χ4v) is 2.20. The first-order valence-electron chi connectivity index (χ1n) is 8.31. The minimum absolute atomic E-state index is 0. The van der Waals surface area contributed by atoms with Crippen LogP contribution in [0, 0.1) is 6.42 Å². The van der Waals surface area contributed by atoms with Crippen LogP contribution in [0.1, 0.15) is 18.4 Å². The summed E-state index contributed by atoms with van der Waals surface area (Å²) >= 11 is 0. The Morgan fingerprint density at radius 3 is 1.73 bits per heavy atom. The third-order valence-electron chi connectivity index (χ3n) is 3.59. The molecule has 1 atom stereocenters. The molecule has 0 spiro atoms. The largest absolute Gasteiger partial charge is 2.00 e. The second-order valence-electron chi connectivity index (χ2n) is 5.51. The Labute approximate surface area is 179 Å². The van der Waals surface area contributed by atoms with Gasteiger partial charge in [-0.3, -0.25) is 0 Å². The van der Waals surface area contributed by atoms with E-state index in [1.54, 1.807) is 0 Å². The van der Waals surface area contributed by atoms with Gasteiger partial charge in [-0.25, -0.2) is 48.9 Å². The van der Waals surface area contributed by atoms with Gasteiger partial charge in [0.05, 0.1) is 0 Å². The standard InChI is InChI=1S/C14H14.2C5H5.2Fe/c1-12(14-8-4-5-9-14)10-11-13-6-2-3-7-13;2*1-2-4-5-3-1;;/h2-12H,1H3;2*1-5H;;/q-2;2*-1;2*+2. The predicted molar refractivity (Wildman–Crippen MR) is 105 cm³/mol. The number of hydrogen-bond acceptors (Lipinski definition) is 0. The molecule has 0 bridgehead atoms. The van der Waals surface area contributed by atoms with E-state index in [4.69, 9.17) is 0 Å². The van der Waals surface area contributed by atoms with Gasteiger partial charge in [0.2, 0.25) is 0 Å². The van der Waals surface area contributed by atoms with Gasteiger partial charge in [-0.05, 0) is 0 Å². The maximum absolute atomic E-state index is 2.24. The Bertz CT molecular complexity index is 622. The SMILES string of the molecule is CC([CH-]C=C1C=CC=C1)c1ccc[cH-]1.[Fe+2].[Fe+2].c1cc[cH-]c1.c1cc[cH-]c1. The van der Waals surface area contributed by atoms with Gasteiger partial charge in [-0.15, -0.1) is 12.2 Å². The van der Waals surface area contributed by atoms with Crippen molar-refractivity contribution in [3.05, 3.63) is 133 Å². The summed E-state index contributed by atoms with van der Waals surface area (Å²) in [6, 6.07) is 28.5. The quantitative estimate of drug-likeness (QED) is 0.330. The molecule has 2 heteroatoms. The minimum atomic E-state index is 0. The molecule has 0 N–H and O–H groups in total. The van der Waals surface area contributed by atoms with Crippen LogP contribution < -0.4 is 0 Å². The second-order valence-corrected chi connectivity index (χ2v) is 5.51. The second kappa shape index (κ2) is 15.4. The van der Waals surface area contributed by atoms with Crippen LogP contribution in [0.25, 0.3) is 0 Å². The third kappa shape index (κ3) is 10.2. The fraction of sp³-hybridized carbons (Fsp3) is 0.0833. The van der Waals surface area contributed by atoms with Crippen LogP contribution in [0.2, 0.25) is 0 Å². The molecule has 0 radical (unpaired) electrons. The van der Waals surface area contributed by atoms with Crippen molar-refractivity contribution in [1.82, 2.24) is 0 Å². The molecule has 3 aromatic rings. The zero-order valence-corrected chi connectivity index (χ0v) is 17.0.